The Balaban J connectivity index is 0.000000178. The minimum Gasteiger partial charge on any atom is -0.501 e. The number of pyridine rings is 1. The molecule has 0 bridgehead atoms. The fourth-order valence-electron chi connectivity index (χ4n) is 6.59. The molecule has 0 unspecified atom stereocenters. The Bertz CT molecular complexity index is 2430. The Hall–Kier alpha value is -4.61. The van der Waals surface area contributed by atoms with E-state index in [2.05, 4.69) is 119 Å². The molecule has 0 amide bonds. The van der Waals surface area contributed by atoms with Crippen LogP contribution in [0.3, 0.4) is 0 Å². The van der Waals surface area contributed by atoms with Gasteiger partial charge in [-0.3, -0.25) is 4.98 Å². The van der Waals surface area contributed by atoms with Gasteiger partial charge in [0.05, 0.1) is 30.5 Å². The van der Waals surface area contributed by atoms with Crippen molar-refractivity contribution >= 4 is 46.2 Å². The predicted octanol–water partition coefficient (Wildman–Crippen LogP) is 11.4. The molecule has 1 radical (unpaired) electrons. The molecule has 0 saturated carbocycles. The van der Waals surface area contributed by atoms with Crippen molar-refractivity contribution in [3.05, 3.63) is 145 Å². The molecule has 259 valence electrons. The number of benzene rings is 5. The minimum absolute atomic E-state index is 0. The van der Waals surface area contributed by atoms with Crippen LogP contribution in [-0.2, 0) is 26.5 Å². The van der Waals surface area contributed by atoms with E-state index in [9.17, 15) is 0 Å². The number of aromatic nitrogens is 3. The molecule has 0 aliphatic carbocycles. The molecule has 3 aromatic heterocycles. The van der Waals surface area contributed by atoms with Gasteiger partial charge in [0.2, 0.25) is 0 Å². The molecule has 0 aliphatic heterocycles. The van der Waals surface area contributed by atoms with Gasteiger partial charge in [-0.2, -0.15) is 0 Å². The first kappa shape index (κ1) is 36.2. The second-order valence-corrected chi connectivity index (χ2v) is 20.3. The van der Waals surface area contributed by atoms with Crippen LogP contribution in [0.1, 0.15) is 31.9 Å². The van der Waals surface area contributed by atoms with E-state index >= 15 is 0 Å². The summed E-state index contributed by atoms with van der Waals surface area (Å²) in [4.78, 5) is 9.69. The van der Waals surface area contributed by atoms with Gasteiger partial charge in [0, 0.05) is 37.4 Å². The molecule has 0 N–H and O–H groups in total. The molecule has 6 heteroatoms. The minimum atomic E-state index is -1.38. The number of para-hydroxylation sites is 4. The Morgan fingerprint density at radius 1 is 0.804 bits per heavy atom. The quantitative estimate of drug-likeness (QED) is 0.128. The third kappa shape index (κ3) is 7.69. The first-order chi connectivity index (χ1) is 24.0. The van der Waals surface area contributed by atoms with E-state index in [1.54, 1.807) is 0 Å². The summed E-state index contributed by atoms with van der Waals surface area (Å²) in [6.07, 6.45) is 3.21. The van der Waals surface area contributed by atoms with Gasteiger partial charge in [-0.25, -0.2) is 0 Å². The van der Waals surface area contributed by atoms with E-state index in [0.717, 1.165) is 67.7 Å². The first-order valence-electron chi connectivity index (χ1n) is 17.3. The predicted molar refractivity (Wildman–Crippen MR) is 212 cm³/mol. The number of fused-ring (bicyclic) bond motifs is 4. The van der Waals surface area contributed by atoms with Crippen LogP contribution in [0, 0.1) is 24.5 Å². The zero-order chi connectivity index (χ0) is 35.0. The number of nitrogens with zero attached hydrogens (tertiary/aromatic N) is 3. The van der Waals surface area contributed by atoms with E-state index in [0.29, 0.717) is 0 Å². The molecule has 0 fully saturated rings. The summed E-state index contributed by atoms with van der Waals surface area (Å²) in [6.45, 7) is 16.2. The maximum atomic E-state index is 6.24. The molecule has 3 heterocycles. The van der Waals surface area contributed by atoms with Gasteiger partial charge in [0.25, 0.3) is 0 Å². The Kier molecular flexibility index (Phi) is 10.3. The second kappa shape index (κ2) is 14.6. The van der Waals surface area contributed by atoms with Crippen LogP contribution in [0.4, 0.5) is 0 Å². The van der Waals surface area contributed by atoms with Gasteiger partial charge in [-0.1, -0.05) is 118 Å². The van der Waals surface area contributed by atoms with Gasteiger partial charge in [0.15, 0.2) is 0 Å². The number of hydrogen-bond acceptors (Lipinski definition) is 3. The third-order valence-electron chi connectivity index (χ3n) is 8.90. The number of aryl methyl sites for hydroxylation is 1. The third-order valence-corrected chi connectivity index (χ3v) is 11.0. The van der Waals surface area contributed by atoms with E-state index in [4.69, 9.17) is 14.4 Å². The average Bonchev–Trinajstić information content (AvgIpc) is 3.67. The van der Waals surface area contributed by atoms with Crippen molar-refractivity contribution in [1.82, 2.24) is 14.5 Å². The molecule has 0 saturated heterocycles. The van der Waals surface area contributed by atoms with Crippen molar-refractivity contribution in [1.29, 1.82) is 0 Å². The van der Waals surface area contributed by atoms with Crippen molar-refractivity contribution in [2.24, 2.45) is 5.41 Å². The molecular weight excluding hydrogens is 819 g/mol. The smallest absolute Gasteiger partial charge is 0.120 e. The largest absolute Gasteiger partial charge is 0.501 e. The number of hydrogen-bond donors (Lipinski definition) is 0. The van der Waals surface area contributed by atoms with Crippen LogP contribution in [-0.4, -0.2) is 22.6 Å². The van der Waals surface area contributed by atoms with Gasteiger partial charge in [-0.15, -0.1) is 53.6 Å². The summed E-state index contributed by atoms with van der Waals surface area (Å²) < 4.78 is 8.41. The first-order valence-corrected chi connectivity index (χ1v) is 20.8. The Morgan fingerprint density at radius 2 is 1.53 bits per heavy atom. The summed E-state index contributed by atoms with van der Waals surface area (Å²) in [6, 6.07) is 45.9. The van der Waals surface area contributed by atoms with Crippen LogP contribution >= 0.6 is 0 Å². The van der Waals surface area contributed by atoms with Crippen molar-refractivity contribution < 1.29 is 24.5 Å². The maximum absolute atomic E-state index is 6.24. The van der Waals surface area contributed by atoms with E-state index in [1.165, 1.54) is 16.3 Å². The molecular formula is C45H43IrN3OSi-2. The van der Waals surface area contributed by atoms with E-state index in [1.807, 2.05) is 66.7 Å². The number of furan rings is 1. The maximum Gasteiger partial charge on any atom is 0.120 e. The summed E-state index contributed by atoms with van der Waals surface area (Å²) in [5, 5.41) is 3.67. The van der Waals surface area contributed by atoms with Gasteiger partial charge in [0.1, 0.15) is 5.58 Å². The molecule has 8 aromatic rings. The van der Waals surface area contributed by atoms with Crippen LogP contribution in [0.25, 0.3) is 61.3 Å². The van der Waals surface area contributed by atoms with Gasteiger partial charge < -0.3 is 14.0 Å². The number of rotatable bonds is 5. The van der Waals surface area contributed by atoms with E-state index < -0.39 is 8.07 Å². The van der Waals surface area contributed by atoms with Crippen molar-refractivity contribution in [2.75, 3.05) is 0 Å². The Morgan fingerprint density at radius 3 is 2.25 bits per heavy atom. The second-order valence-electron chi connectivity index (χ2n) is 15.3. The monoisotopic (exact) mass is 862 g/mol. The van der Waals surface area contributed by atoms with Crippen molar-refractivity contribution in [3.8, 4) is 28.3 Å². The SMILES string of the molecule is Cc1c[c-]c(-c2cc(CC(C)(C)C)c([Si](C)(C)C)cn2)cc1.[Ir].[c-]1ccc2c(oc3ccccc32)c1-c1nc2ccccc2n1-c1ccccc1. The standard InChI is InChI=1S/C25H15N2O.C20H28NSi.Ir/c1-2-9-17(10-3-1)27-22-15-6-5-14-21(22)26-25(27)20-13-8-12-19-18-11-4-7-16-23(18)28-24(19)20;1-15-8-10-16(11-9-15)18-12-17(13-20(2,3)4)19(14-21-18)22(5,6)7;/h1-12,14-16H;8-10,12,14H,13H2,1-7H3;/q2*-1;. The fraction of sp³-hybridized carbons (Fsp3) is 0.200. The van der Waals surface area contributed by atoms with Gasteiger partial charge >= 0.3 is 0 Å². The summed E-state index contributed by atoms with van der Waals surface area (Å²) >= 11 is 0. The van der Waals surface area contributed by atoms with Crippen LogP contribution in [0.2, 0.25) is 19.6 Å². The molecule has 5 aromatic carbocycles. The summed E-state index contributed by atoms with van der Waals surface area (Å²) in [5.74, 6) is 0.831. The van der Waals surface area contributed by atoms with Gasteiger partial charge in [-0.05, 0) is 53.0 Å². The summed E-state index contributed by atoms with van der Waals surface area (Å²) in [7, 11) is -1.38. The van der Waals surface area contributed by atoms with Crippen molar-refractivity contribution in [3.63, 3.8) is 0 Å². The Labute approximate surface area is 316 Å². The number of imidazole rings is 1. The molecule has 0 spiro atoms. The zero-order valence-electron chi connectivity index (χ0n) is 30.3. The van der Waals surface area contributed by atoms with Crippen LogP contribution < -0.4 is 5.19 Å². The molecule has 51 heavy (non-hydrogen) atoms. The normalized spacial score (nSPS) is 11.7. The van der Waals surface area contributed by atoms with Crippen LogP contribution in [0.5, 0.6) is 0 Å². The molecule has 0 atom stereocenters. The fourth-order valence-corrected chi connectivity index (χ4v) is 8.16. The topological polar surface area (TPSA) is 43.9 Å². The molecule has 0 aliphatic rings. The van der Waals surface area contributed by atoms with Crippen LogP contribution in [0.15, 0.2) is 126 Å². The summed E-state index contributed by atoms with van der Waals surface area (Å²) in [5.41, 5.74) is 10.7. The van der Waals surface area contributed by atoms with E-state index in [-0.39, 0.29) is 25.5 Å². The molecule has 8 rings (SSSR count). The van der Waals surface area contributed by atoms with Crippen molar-refractivity contribution in [2.45, 2.75) is 53.8 Å². The average molecular weight is 862 g/mol. The zero-order valence-corrected chi connectivity index (χ0v) is 33.7. The molecule has 4 nitrogen and oxygen atoms in total.